The van der Waals surface area contributed by atoms with E-state index in [1.54, 1.807) is 0 Å². The smallest absolute Gasteiger partial charge is 0.375 e. The molecule has 0 spiro atoms. The zero-order chi connectivity index (χ0) is 17.3. The van der Waals surface area contributed by atoms with Crippen LogP contribution in [0.5, 0.6) is 0 Å². The first kappa shape index (κ1) is 17.9. The number of aromatic nitrogens is 1. The number of thiazole rings is 1. The van der Waals surface area contributed by atoms with E-state index in [9.17, 15) is 21.6 Å². The molecule has 1 heterocycles. The molecule has 0 aliphatic heterocycles. The lowest BCUT2D eigenvalue weighted by Crippen LogP contribution is -2.25. The Bertz CT molecular complexity index is 803. The van der Waals surface area contributed by atoms with Gasteiger partial charge in [0.1, 0.15) is 0 Å². The fourth-order valence-corrected chi connectivity index (χ4v) is 3.15. The highest BCUT2D eigenvalue weighted by Crippen LogP contribution is 2.36. The molecule has 0 saturated heterocycles. The average Bonchev–Trinajstić information content (AvgIpc) is 2.76. The summed E-state index contributed by atoms with van der Waals surface area (Å²) in [7, 11) is -3.33. The van der Waals surface area contributed by atoms with Crippen LogP contribution in [0.15, 0.2) is 12.1 Å². The molecular weight excluding hydrogens is 355 g/mol. The topological polar surface area (TPSA) is 94.3 Å². The summed E-state index contributed by atoms with van der Waals surface area (Å²) in [4.78, 5) is 4.01. The number of nitrogens with one attached hydrogen (secondary N) is 1. The lowest BCUT2D eigenvalue weighted by atomic mass is 10.1. The van der Waals surface area contributed by atoms with Crippen molar-refractivity contribution in [2.45, 2.75) is 12.8 Å². The minimum absolute atomic E-state index is 0.0183. The standard InChI is InChI=1S/C12H14F3N3O3S2/c1-23(19,20)17-2-3-21-6-7-4-8(12(13,14)15)5-9-10(7)18-11(16)22-9/h4-5,17H,2-3,6H2,1H3,(H2,16,18). The number of anilines is 1. The van der Waals surface area contributed by atoms with Crippen molar-refractivity contribution in [2.75, 3.05) is 25.1 Å². The lowest BCUT2D eigenvalue weighted by molar-refractivity contribution is -0.137. The number of nitrogens with two attached hydrogens (primary N) is 1. The molecule has 0 aliphatic carbocycles. The molecule has 0 saturated carbocycles. The number of nitrogen functional groups attached to an aromatic ring is 1. The Labute approximate surface area is 134 Å². The molecular formula is C12H14F3N3O3S2. The zero-order valence-electron chi connectivity index (χ0n) is 12.0. The first-order chi connectivity index (χ1) is 10.6. The minimum Gasteiger partial charge on any atom is -0.375 e. The van der Waals surface area contributed by atoms with Crippen molar-refractivity contribution in [3.63, 3.8) is 0 Å². The van der Waals surface area contributed by atoms with Gasteiger partial charge in [-0.25, -0.2) is 18.1 Å². The maximum atomic E-state index is 12.9. The fraction of sp³-hybridized carbons (Fsp3) is 0.417. The normalized spacial score (nSPS) is 12.9. The maximum absolute atomic E-state index is 12.9. The molecule has 6 nitrogen and oxygen atoms in total. The summed E-state index contributed by atoms with van der Waals surface area (Å²) in [6, 6.07) is 1.96. The molecule has 0 atom stereocenters. The van der Waals surface area contributed by atoms with E-state index in [0.29, 0.717) is 10.2 Å². The van der Waals surface area contributed by atoms with Gasteiger partial charge in [-0.2, -0.15) is 13.2 Å². The third-order valence-corrected chi connectivity index (χ3v) is 4.35. The number of hydrogen-bond acceptors (Lipinski definition) is 6. The van der Waals surface area contributed by atoms with Crippen LogP contribution in [0.3, 0.4) is 0 Å². The molecule has 0 unspecified atom stereocenters. The number of hydrogen-bond donors (Lipinski definition) is 2. The molecule has 128 valence electrons. The van der Waals surface area contributed by atoms with Crippen LogP contribution in [0, 0.1) is 0 Å². The number of alkyl halides is 3. The third-order valence-electron chi connectivity index (χ3n) is 2.79. The van der Waals surface area contributed by atoms with Gasteiger partial charge in [0, 0.05) is 12.1 Å². The van der Waals surface area contributed by atoms with Crippen LogP contribution in [0.1, 0.15) is 11.1 Å². The van der Waals surface area contributed by atoms with E-state index < -0.39 is 21.8 Å². The highest BCUT2D eigenvalue weighted by Gasteiger charge is 2.31. The summed E-state index contributed by atoms with van der Waals surface area (Å²) in [5.74, 6) is 0. The molecule has 1 aromatic heterocycles. The maximum Gasteiger partial charge on any atom is 0.416 e. The number of benzene rings is 1. The summed E-state index contributed by atoms with van der Waals surface area (Å²) < 4.78 is 68.3. The highest BCUT2D eigenvalue weighted by atomic mass is 32.2. The molecule has 3 N–H and O–H groups in total. The first-order valence-corrected chi connectivity index (χ1v) is 9.05. The van der Waals surface area contributed by atoms with Crippen LogP contribution in [0.25, 0.3) is 10.2 Å². The lowest BCUT2D eigenvalue weighted by Gasteiger charge is -2.10. The van der Waals surface area contributed by atoms with Crippen LogP contribution in [-0.2, 0) is 27.5 Å². The second-order valence-electron chi connectivity index (χ2n) is 4.75. The Balaban J connectivity index is 2.15. The van der Waals surface area contributed by atoms with Gasteiger partial charge in [0.2, 0.25) is 10.0 Å². The second-order valence-corrected chi connectivity index (χ2v) is 7.65. The SMILES string of the molecule is CS(=O)(=O)NCCOCc1cc(C(F)(F)F)cc2sc(N)nc12. The van der Waals surface area contributed by atoms with E-state index in [-0.39, 0.29) is 30.5 Å². The monoisotopic (exact) mass is 369 g/mol. The quantitative estimate of drug-likeness (QED) is 0.759. The van der Waals surface area contributed by atoms with Gasteiger partial charge in [0.05, 0.1) is 35.2 Å². The minimum atomic E-state index is -4.49. The van der Waals surface area contributed by atoms with Gasteiger partial charge in [-0.1, -0.05) is 11.3 Å². The van der Waals surface area contributed by atoms with Gasteiger partial charge in [0.25, 0.3) is 0 Å². The summed E-state index contributed by atoms with van der Waals surface area (Å²) in [5, 5.41) is 0.166. The highest BCUT2D eigenvalue weighted by molar-refractivity contribution is 7.88. The van der Waals surface area contributed by atoms with Crippen molar-refractivity contribution in [3.8, 4) is 0 Å². The van der Waals surface area contributed by atoms with Crippen molar-refractivity contribution in [2.24, 2.45) is 0 Å². The first-order valence-electron chi connectivity index (χ1n) is 6.35. The van der Waals surface area contributed by atoms with Gasteiger partial charge in [-0.15, -0.1) is 0 Å². The molecule has 0 fully saturated rings. The van der Waals surface area contributed by atoms with Gasteiger partial charge < -0.3 is 10.5 Å². The Kier molecular flexibility index (Phi) is 5.14. The van der Waals surface area contributed by atoms with E-state index in [2.05, 4.69) is 9.71 Å². The number of halogens is 3. The van der Waals surface area contributed by atoms with Crippen LogP contribution < -0.4 is 10.5 Å². The van der Waals surface area contributed by atoms with Crippen molar-refractivity contribution >= 4 is 36.7 Å². The van der Waals surface area contributed by atoms with Crippen molar-refractivity contribution in [1.29, 1.82) is 0 Å². The van der Waals surface area contributed by atoms with Gasteiger partial charge in [-0.3, -0.25) is 0 Å². The van der Waals surface area contributed by atoms with Crippen LogP contribution in [0.4, 0.5) is 18.3 Å². The van der Waals surface area contributed by atoms with Gasteiger partial charge >= 0.3 is 6.18 Å². The Morgan fingerprint density at radius 1 is 1.39 bits per heavy atom. The largest absolute Gasteiger partial charge is 0.416 e. The molecule has 0 radical (unpaired) electrons. The molecule has 0 aliphatic rings. The summed E-state index contributed by atoms with van der Waals surface area (Å²) in [5.41, 5.74) is 5.36. The van der Waals surface area contributed by atoms with Crippen LogP contribution >= 0.6 is 11.3 Å². The van der Waals surface area contributed by atoms with Crippen molar-refractivity contribution in [1.82, 2.24) is 9.71 Å². The molecule has 23 heavy (non-hydrogen) atoms. The molecule has 1 aromatic carbocycles. The number of rotatable bonds is 6. The van der Waals surface area contributed by atoms with E-state index in [4.69, 9.17) is 10.5 Å². The summed E-state index contributed by atoms with van der Waals surface area (Å²) in [6.07, 6.45) is -3.49. The molecule has 11 heteroatoms. The summed E-state index contributed by atoms with van der Waals surface area (Å²) >= 11 is 0.963. The van der Waals surface area contributed by atoms with Gasteiger partial charge in [0.15, 0.2) is 5.13 Å². The van der Waals surface area contributed by atoms with E-state index in [1.807, 2.05) is 0 Å². The summed E-state index contributed by atoms with van der Waals surface area (Å²) in [6.45, 7) is -0.0837. The zero-order valence-corrected chi connectivity index (χ0v) is 13.6. The molecule has 2 aromatic rings. The van der Waals surface area contributed by atoms with Crippen molar-refractivity contribution < 1.29 is 26.3 Å². The van der Waals surface area contributed by atoms with Crippen LogP contribution in [-0.4, -0.2) is 32.8 Å². The van der Waals surface area contributed by atoms with Crippen LogP contribution in [0.2, 0.25) is 0 Å². The van der Waals surface area contributed by atoms with E-state index in [0.717, 1.165) is 29.7 Å². The Morgan fingerprint density at radius 3 is 2.70 bits per heavy atom. The molecule has 2 rings (SSSR count). The predicted molar refractivity (Wildman–Crippen MR) is 81.5 cm³/mol. The molecule has 0 amide bonds. The van der Waals surface area contributed by atoms with E-state index in [1.165, 1.54) is 0 Å². The second kappa shape index (κ2) is 6.59. The van der Waals surface area contributed by atoms with E-state index >= 15 is 0 Å². The predicted octanol–water partition coefficient (Wildman–Crippen LogP) is 1.96. The number of nitrogens with zero attached hydrogens (tertiary/aromatic N) is 1. The fourth-order valence-electron chi connectivity index (χ4n) is 1.87. The number of ether oxygens (including phenoxy) is 1. The van der Waals surface area contributed by atoms with Gasteiger partial charge in [-0.05, 0) is 12.1 Å². The number of fused-ring (bicyclic) bond motifs is 1. The molecule has 0 bridgehead atoms. The Hall–Kier alpha value is -1.43. The number of sulfonamides is 1. The van der Waals surface area contributed by atoms with Crippen molar-refractivity contribution in [3.05, 3.63) is 23.3 Å². The average molecular weight is 369 g/mol. The third kappa shape index (κ3) is 5.03. The Morgan fingerprint density at radius 2 is 2.09 bits per heavy atom.